The molecule has 1 heterocycles. The highest BCUT2D eigenvalue weighted by Crippen LogP contribution is 2.31. The number of hydrogen-bond acceptors (Lipinski definition) is 3. The van der Waals surface area contributed by atoms with E-state index >= 15 is 0 Å². The van der Waals surface area contributed by atoms with Crippen LogP contribution in [0.2, 0.25) is 5.02 Å². The van der Waals surface area contributed by atoms with Crippen molar-refractivity contribution in [3.05, 3.63) is 52.6 Å². The van der Waals surface area contributed by atoms with Crippen molar-refractivity contribution in [2.45, 2.75) is 26.4 Å². The van der Waals surface area contributed by atoms with E-state index in [1.165, 1.54) is 12.1 Å². The lowest BCUT2D eigenvalue weighted by molar-refractivity contribution is 0.0972. The Kier molecular flexibility index (Phi) is 3.86. The van der Waals surface area contributed by atoms with E-state index in [1.54, 1.807) is 18.3 Å². The van der Waals surface area contributed by atoms with Gasteiger partial charge in [-0.2, -0.15) is 0 Å². The van der Waals surface area contributed by atoms with Crippen LogP contribution in [0.5, 0.6) is 5.75 Å². The van der Waals surface area contributed by atoms with E-state index in [0.717, 1.165) is 5.56 Å². The van der Waals surface area contributed by atoms with E-state index in [4.69, 9.17) is 22.1 Å². The number of nitrogen functional groups attached to an aromatic ring is 1. The van der Waals surface area contributed by atoms with Crippen LogP contribution in [0, 0.1) is 12.7 Å². The minimum atomic E-state index is -0.786. The highest BCUT2D eigenvalue weighted by atomic mass is 35.5. The lowest BCUT2D eigenvalue weighted by atomic mass is 9.99. The fourth-order valence-electron chi connectivity index (χ4n) is 2.09. The van der Waals surface area contributed by atoms with Crippen LogP contribution in [0.1, 0.15) is 25.1 Å². The van der Waals surface area contributed by atoms with E-state index in [0.29, 0.717) is 16.4 Å². The van der Waals surface area contributed by atoms with Crippen molar-refractivity contribution in [2.24, 2.45) is 0 Å². The number of pyridine rings is 1. The van der Waals surface area contributed by atoms with Crippen LogP contribution in [0.3, 0.4) is 0 Å². The summed E-state index contributed by atoms with van der Waals surface area (Å²) in [5.74, 6) is -0.356. The smallest absolute Gasteiger partial charge is 0.167 e. The maximum atomic E-state index is 13.8. The van der Waals surface area contributed by atoms with Crippen molar-refractivity contribution >= 4 is 17.3 Å². The van der Waals surface area contributed by atoms with Gasteiger partial charge in [-0.25, -0.2) is 4.39 Å². The van der Waals surface area contributed by atoms with Crippen molar-refractivity contribution in [3.8, 4) is 5.75 Å². The molecule has 5 heteroatoms. The molecule has 3 nitrogen and oxygen atoms in total. The summed E-state index contributed by atoms with van der Waals surface area (Å²) in [6.07, 6.45) is 1.55. The number of benzene rings is 1. The number of halogens is 2. The number of nitrogens with two attached hydrogens (primary N) is 1. The summed E-state index contributed by atoms with van der Waals surface area (Å²) in [7, 11) is 0. The molecule has 0 spiro atoms. The molecule has 0 aliphatic carbocycles. The predicted molar refractivity (Wildman–Crippen MR) is 78.5 cm³/mol. The van der Waals surface area contributed by atoms with Gasteiger partial charge in [0.25, 0.3) is 0 Å². The zero-order valence-electron chi connectivity index (χ0n) is 11.6. The zero-order valence-corrected chi connectivity index (χ0v) is 12.3. The number of nitrogens with zero attached hydrogens (tertiary/aromatic N) is 1. The largest absolute Gasteiger partial charge is 0.478 e. The molecule has 0 aliphatic rings. The van der Waals surface area contributed by atoms with Gasteiger partial charge in [0, 0.05) is 18.0 Å². The summed E-state index contributed by atoms with van der Waals surface area (Å²) in [5, 5.41) is 0.556. The molecular weight excluding hydrogens is 279 g/mol. The molecule has 1 aromatic heterocycles. The number of anilines is 1. The molecule has 0 bridgehead atoms. The van der Waals surface area contributed by atoms with Crippen LogP contribution in [-0.4, -0.2) is 4.98 Å². The average Bonchev–Trinajstić information content (AvgIpc) is 2.32. The molecule has 2 N–H and O–H groups in total. The summed E-state index contributed by atoms with van der Waals surface area (Å²) >= 11 is 5.89. The number of ether oxygens (including phenoxy) is 1. The van der Waals surface area contributed by atoms with Gasteiger partial charge in [0.15, 0.2) is 11.6 Å². The Bertz CT molecular complexity index is 644. The third-order valence-electron chi connectivity index (χ3n) is 2.94. The molecule has 0 saturated carbocycles. The molecule has 1 aromatic carbocycles. The van der Waals surface area contributed by atoms with Crippen molar-refractivity contribution in [1.82, 2.24) is 4.98 Å². The summed E-state index contributed by atoms with van der Waals surface area (Å²) in [6, 6.07) is 6.14. The highest BCUT2D eigenvalue weighted by molar-refractivity contribution is 6.30. The second-order valence-corrected chi connectivity index (χ2v) is 5.56. The Morgan fingerprint density at radius 2 is 2.00 bits per heavy atom. The minimum Gasteiger partial charge on any atom is -0.478 e. The third-order valence-corrected chi connectivity index (χ3v) is 3.14. The predicted octanol–water partition coefficient (Wildman–Crippen LogP) is 4.08. The van der Waals surface area contributed by atoms with E-state index < -0.39 is 11.4 Å². The van der Waals surface area contributed by atoms with E-state index in [-0.39, 0.29) is 5.75 Å². The number of aryl methyl sites for hydroxylation is 1. The second-order valence-electron chi connectivity index (χ2n) is 5.12. The quantitative estimate of drug-likeness (QED) is 0.868. The molecule has 0 saturated heterocycles. The molecule has 106 valence electrons. The van der Waals surface area contributed by atoms with E-state index in [9.17, 15) is 4.39 Å². The van der Waals surface area contributed by atoms with Gasteiger partial charge >= 0.3 is 0 Å². The summed E-state index contributed by atoms with van der Waals surface area (Å²) < 4.78 is 19.6. The van der Waals surface area contributed by atoms with Crippen molar-refractivity contribution < 1.29 is 9.13 Å². The molecule has 2 rings (SSSR count). The van der Waals surface area contributed by atoms with Crippen LogP contribution in [0.4, 0.5) is 10.1 Å². The van der Waals surface area contributed by atoms with Crippen molar-refractivity contribution in [1.29, 1.82) is 0 Å². The molecule has 0 radical (unpaired) electrons. The molecule has 0 atom stereocenters. The maximum Gasteiger partial charge on any atom is 0.167 e. The minimum absolute atomic E-state index is 0.139. The van der Waals surface area contributed by atoms with Gasteiger partial charge < -0.3 is 10.5 Å². The van der Waals surface area contributed by atoms with Gasteiger partial charge in [0.1, 0.15) is 5.60 Å². The lowest BCUT2D eigenvalue weighted by Gasteiger charge is -2.27. The number of rotatable bonds is 3. The normalized spacial score (nSPS) is 11.4. The standard InChI is InChI=1S/C15H16ClFN2O/c1-9-6-10(16)8-19-14(9)15(2,3)20-13-5-4-11(18)7-12(13)17/h4-8H,18H2,1-3H3. The molecule has 0 amide bonds. The van der Waals surface area contributed by atoms with E-state index in [1.807, 2.05) is 20.8 Å². The van der Waals surface area contributed by atoms with Crippen LogP contribution < -0.4 is 10.5 Å². The highest BCUT2D eigenvalue weighted by Gasteiger charge is 2.27. The fraction of sp³-hybridized carbons (Fsp3) is 0.267. The van der Waals surface area contributed by atoms with Crippen LogP contribution in [-0.2, 0) is 5.60 Å². The van der Waals surface area contributed by atoms with Crippen molar-refractivity contribution in [2.75, 3.05) is 5.73 Å². The van der Waals surface area contributed by atoms with Crippen LogP contribution >= 0.6 is 11.6 Å². The first-order chi connectivity index (χ1) is 9.29. The first kappa shape index (κ1) is 14.6. The Balaban J connectivity index is 2.35. The van der Waals surface area contributed by atoms with Gasteiger partial charge in [-0.1, -0.05) is 11.6 Å². The second kappa shape index (κ2) is 5.29. The van der Waals surface area contributed by atoms with Crippen molar-refractivity contribution in [3.63, 3.8) is 0 Å². The van der Waals surface area contributed by atoms with Gasteiger partial charge in [-0.15, -0.1) is 0 Å². The van der Waals surface area contributed by atoms with Gasteiger partial charge in [0.2, 0.25) is 0 Å². The molecule has 0 fully saturated rings. The molecule has 0 aliphatic heterocycles. The van der Waals surface area contributed by atoms with Gasteiger partial charge in [-0.3, -0.25) is 4.98 Å². The van der Waals surface area contributed by atoms with Gasteiger partial charge in [0.05, 0.1) is 10.7 Å². The molecule has 0 unspecified atom stereocenters. The third kappa shape index (κ3) is 3.02. The summed E-state index contributed by atoms with van der Waals surface area (Å²) in [5.41, 5.74) is 6.68. The fourth-order valence-corrected chi connectivity index (χ4v) is 2.31. The van der Waals surface area contributed by atoms with Crippen LogP contribution in [0.25, 0.3) is 0 Å². The number of hydrogen-bond donors (Lipinski definition) is 1. The summed E-state index contributed by atoms with van der Waals surface area (Å²) in [6.45, 7) is 5.54. The first-order valence-electron chi connectivity index (χ1n) is 6.16. The number of aromatic nitrogens is 1. The van der Waals surface area contributed by atoms with Gasteiger partial charge in [-0.05, 0) is 44.5 Å². The summed E-state index contributed by atoms with van der Waals surface area (Å²) in [4.78, 5) is 4.29. The lowest BCUT2D eigenvalue weighted by Crippen LogP contribution is -2.28. The zero-order chi connectivity index (χ0) is 14.9. The topological polar surface area (TPSA) is 48.1 Å². The SMILES string of the molecule is Cc1cc(Cl)cnc1C(C)(C)Oc1ccc(N)cc1F. The first-order valence-corrected chi connectivity index (χ1v) is 6.54. The van der Waals surface area contributed by atoms with Crippen LogP contribution in [0.15, 0.2) is 30.5 Å². The molecular formula is C15H16ClFN2O. The Hall–Kier alpha value is -1.81. The molecule has 20 heavy (non-hydrogen) atoms. The maximum absolute atomic E-state index is 13.8. The Morgan fingerprint density at radius 3 is 2.60 bits per heavy atom. The Morgan fingerprint density at radius 1 is 1.30 bits per heavy atom. The Labute approximate surface area is 122 Å². The molecule has 2 aromatic rings. The monoisotopic (exact) mass is 294 g/mol. The average molecular weight is 295 g/mol. The van der Waals surface area contributed by atoms with E-state index in [2.05, 4.69) is 4.98 Å².